The second-order valence-corrected chi connectivity index (χ2v) is 8.18. The highest BCUT2D eigenvalue weighted by Gasteiger charge is 2.30. The topological polar surface area (TPSA) is 129 Å². The van der Waals surface area contributed by atoms with Crippen LogP contribution in [-0.4, -0.2) is 28.4 Å². The average molecular weight is 570 g/mol. The van der Waals surface area contributed by atoms with E-state index in [4.69, 9.17) is 19.8 Å². The fourth-order valence-electron chi connectivity index (χ4n) is 2.99. The Morgan fingerprint density at radius 2 is 1.76 bits per heavy atom. The third kappa shape index (κ3) is 6.98. The fraction of sp³-hybridized carbons (Fsp3) is 0.0800. The fourth-order valence-corrected chi connectivity index (χ4v) is 3.50. The Morgan fingerprint density at radius 1 is 1.06 bits per heavy atom. The van der Waals surface area contributed by atoms with Crippen LogP contribution in [0.1, 0.15) is 17.2 Å². The Balaban J connectivity index is 1.96. The van der Waals surface area contributed by atoms with E-state index in [0.717, 1.165) is 9.65 Å². The van der Waals surface area contributed by atoms with Crippen LogP contribution >= 0.6 is 22.6 Å². The normalized spacial score (nSPS) is 12.4. The Bertz CT molecular complexity index is 1220. The van der Waals surface area contributed by atoms with Crippen LogP contribution in [0.3, 0.4) is 0 Å². The summed E-state index contributed by atoms with van der Waals surface area (Å²) in [7, 11) is 0. The summed E-state index contributed by atoms with van der Waals surface area (Å²) in [5.74, 6) is -0.954. The number of carbonyl (C=O) groups is 2. The number of carboxylic acid groups (broad SMARTS) is 1. The van der Waals surface area contributed by atoms with Crippen LogP contribution in [0.4, 0.5) is 10.5 Å². The number of phenols is 1. The van der Waals surface area contributed by atoms with Gasteiger partial charge in [0.2, 0.25) is 0 Å². The van der Waals surface area contributed by atoms with Crippen LogP contribution in [-0.2, 0) is 9.53 Å². The van der Waals surface area contributed by atoms with Gasteiger partial charge in [0.05, 0.1) is 11.6 Å². The second-order valence-electron chi connectivity index (χ2n) is 6.94. The maximum Gasteiger partial charge on any atom is 0.412 e. The van der Waals surface area contributed by atoms with Crippen LogP contribution in [0, 0.1) is 14.9 Å². The lowest BCUT2D eigenvalue weighted by Gasteiger charge is -2.27. The number of para-hydroxylation sites is 1. The van der Waals surface area contributed by atoms with Crippen molar-refractivity contribution >= 4 is 40.3 Å². The molecule has 0 bridgehead atoms. The predicted molar refractivity (Wildman–Crippen MR) is 132 cm³/mol. The number of halogens is 1. The van der Waals surface area contributed by atoms with Gasteiger partial charge in [-0.05, 0) is 83.3 Å². The molecule has 3 aromatic carbocycles. The first kappa shape index (κ1) is 24.6. The number of carbonyl (C=O) groups excluding carboxylic acids is 1. The molecule has 0 spiro atoms. The van der Waals surface area contributed by atoms with Crippen molar-refractivity contribution in [3.05, 3.63) is 99.6 Å². The van der Waals surface area contributed by atoms with Crippen molar-refractivity contribution in [3.63, 3.8) is 0 Å². The van der Waals surface area contributed by atoms with E-state index in [2.05, 4.69) is 5.32 Å². The lowest BCUT2D eigenvalue weighted by atomic mass is 10.0. The van der Waals surface area contributed by atoms with E-state index in [1.54, 1.807) is 54.6 Å². The molecule has 3 rings (SSSR count). The molecule has 3 N–H and O–H groups in total. The number of nitrogens with one attached hydrogen (secondary N) is 1. The predicted octanol–water partition coefficient (Wildman–Crippen LogP) is 5.25. The standard InChI is InChI=1S/C25H19IN2O6/c26-17-8-11-21(29)20(14-17)24(34-25(32)28-18-9-6-16(15-27)7-10-18)22(12-13-23(30)31)33-19-4-2-1-3-5-19/h1-14,22,24,29H,(H,28,32)(H,30,31)/b13-12+/t22-,24-/m1/s1. The van der Waals surface area contributed by atoms with E-state index in [1.807, 2.05) is 28.7 Å². The van der Waals surface area contributed by atoms with Gasteiger partial charge in [0.25, 0.3) is 0 Å². The zero-order valence-corrected chi connectivity index (χ0v) is 19.7. The minimum Gasteiger partial charge on any atom is -0.508 e. The lowest BCUT2D eigenvalue weighted by molar-refractivity contribution is -0.131. The maximum absolute atomic E-state index is 12.8. The van der Waals surface area contributed by atoms with E-state index in [1.165, 1.54) is 24.3 Å². The third-order valence-corrected chi connectivity index (χ3v) is 5.20. The molecule has 1 amide bonds. The van der Waals surface area contributed by atoms with E-state index >= 15 is 0 Å². The number of aromatic hydroxyl groups is 1. The Hall–Kier alpha value is -4.04. The molecule has 0 unspecified atom stereocenters. The molecule has 2 atom stereocenters. The molecule has 0 saturated carbocycles. The number of anilines is 1. The number of benzene rings is 3. The number of rotatable bonds is 8. The number of ether oxygens (including phenoxy) is 2. The molecule has 3 aromatic rings. The van der Waals surface area contributed by atoms with Gasteiger partial charge in [-0.2, -0.15) is 5.26 Å². The van der Waals surface area contributed by atoms with Crippen molar-refractivity contribution in [2.24, 2.45) is 0 Å². The summed E-state index contributed by atoms with van der Waals surface area (Å²) in [4.78, 5) is 24.0. The van der Waals surface area contributed by atoms with Crippen LogP contribution < -0.4 is 10.1 Å². The average Bonchev–Trinajstić information content (AvgIpc) is 2.83. The van der Waals surface area contributed by atoms with Crippen molar-refractivity contribution in [2.75, 3.05) is 5.32 Å². The molecule has 0 radical (unpaired) electrons. The first-order chi connectivity index (χ1) is 16.4. The number of nitriles is 1. The van der Waals surface area contributed by atoms with Gasteiger partial charge in [0.1, 0.15) is 11.5 Å². The number of phenolic OH excluding ortho intramolecular Hbond substituents is 1. The highest BCUT2D eigenvalue weighted by atomic mass is 127. The van der Waals surface area contributed by atoms with Crippen LogP contribution in [0.15, 0.2) is 84.9 Å². The molecule has 8 nitrogen and oxygen atoms in total. The number of hydrogen-bond donors (Lipinski definition) is 3. The number of nitrogens with zero attached hydrogens (tertiary/aromatic N) is 1. The minimum absolute atomic E-state index is 0.151. The van der Waals surface area contributed by atoms with Crippen LogP contribution in [0.5, 0.6) is 11.5 Å². The molecule has 0 saturated heterocycles. The summed E-state index contributed by atoms with van der Waals surface area (Å²) in [5, 5.41) is 31.2. The molecule has 0 heterocycles. The highest BCUT2D eigenvalue weighted by molar-refractivity contribution is 14.1. The van der Waals surface area contributed by atoms with E-state index < -0.39 is 24.3 Å². The van der Waals surface area contributed by atoms with Gasteiger partial charge in [0.15, 0.2) is 12.2 Å². The van der Waals surface area contributed by atoms with Gasteiger partial charge in [-0.15, -0.1) is 0 Å². The van der Waals surface area contributed by atoms with Gasteiger partial charge in [0, 0.05) is 20.9 Å². The van der Waals surface area contributed by atoms with E-state index in [-0.39, 0.29) is 11.3 Å². The minimum atomic E-state index is -1.21. The molecule has 0 aliphatic heterocycles. The SMILES string of the molecule is N#Cc1ccc(NC(=O)O[C@H](c2cc(I)ccc2O)[C@@H](/C=C/C(=O)O)Oc2ccccc2)cc1. The zero-order chi connectivity index (χ0) is 24.5. The largest absolute Gasteiger partial charge is 0.508 e. The van der Waals surface area contributed by atoms with E-state index in [0.29, 0.717) is 17.0 Å². The molecule has 0 aliphatic carbocycles. The third-order valence-electron chi connectivity index (χ3n) is 4.53. The molecule has 0 aliphatic rings. The zero-order valence-electron chi connectivity index (χ0n) is 17.6. The number of amides is 1. The smallest absolute Gasteiger partial charge is 0.412 e. The first-order valence-corrected chi connectivity index (χ1v) is 11.0. The lowest BCUT2D eigenvalue weighted by Crippen LogP contribution is -2.30. The summed E-state index contributed by atoms with van der Waals surface area (Å²) in [6, 6.07) is 21.5. The van der Waals surface area contributed by atoms with Gasteiger partial charge in [-0.1, -0.05) is 18.2 Å². The van der Waals surface area contributed by atoms with Gasteiger partial charge in [-0.3, -0.25) is 5.32 Å². The van der Waals surface area contributed by atoms with Gasteiger partial charge < -0.3 is 19.7 Å². The molecule has 0 fully saturated rings. The van der Waals surface area contributed by atoms with Gasteiger partial charge in [-0.25, -0.2) is 9.59 Å². The first-order valence-electron chi connectivity index (χ1n) is 9.95. The number of hydrogen-bond acceptors (Lipinski definition) is 6. The van der Waals surface area contributed by atoms with Gasteiger partial charge >= 0.3 is 12.1 Å². The highest BCUT2D eigenvalue weighted by Crippen LogP contribution is 2.34. The summed E-state index contributed by atoms with van der Waals surface area (Å²) < 4.78 is 12.4. The van der Waals surface area contributed by atoms with Crippen molar-refractivity contribution in [1.29, 1.82) is 5.26 Å². The van der Waals surface area contributed by atoms with Crippen molar-refractivity contribution in [3.8, 4) is 17.6 Å². The van der Waals surface area contributed by atoms with E-state index in [9.17, 15) is 14.7 Å². The number of aliphatic carboxylic acids is 1. The summed E-state index contributed by atoms with van der Waals surface area (Å²) in [5.41, 5.74) is 1.05. The monoisotopic (exact) mass is 570 g/mol. The Labute approximate surface area is 209 Å². The van der Waals surface area contributed by atoms with Crippen molar-refractivity contribution < 1.29 is 29.3 Å². The quantitative estimate of drug-likeness (QED) is 0.249. The summed E-state index contributed by atoms with van der Waals surface area (Å²) >= 11 is 2.05. The molecule has 0 aromatic heterocycles. The van der Waals surface area contributed by atoms with Crippen LogP contribution in [0.25, 0.3) is 0 Å². The number of carboxylic acids is 1. The summed E-state index contributed by atoms with van der Waals surface area (Å²) in [6.45, 7) is 0. The second kappa shape index (κ2) is 11.7. The molecule has 34 heavy (non-hydrogen) atoms. The maximum atomic E-state index is 12.8. The van der Waals surface area contributed by atoms with Crippen molar-refractivity contribution in [2.45, 2.75) is 12.2 Å². The van der Waals surface area contributed by atoms with Crippen LogP contribution in [0.2, 0.25) is 0 Å². The molecule has 172 valence electrons. The van der Waals surface area contributed by atoms with Crippen molar-refractivity contribution in [1.82, 2.24) is 0 Å². The Kier molecular flexibility index (Phi) is 8.48. The summed E-state index contributed by atoms with van der Waals surface area (Å²) in [6.07, 6.45) is -1.03. The molecular weight excluding hydrogens is 551 g/mol. The molecular formula is C25H19IN2O6. The molecule has 9 heteroatoms. The Morgan fingerprint density at radius 3 is 2.41 bits per heavy atom.